The highest BCUT2D eigenvalue weighted by Crippen LogP contribution is 2.46. The zero-order chi connectivity index (χ0) is 11.6. The predicted octanol–water partition coefficient (Wildman–Crippen LogP) is 1.69. The summed E-state index contributed by atoms with van der Waals surface area (Å²) in [4.78, 5) is 17.7. The van der Waals surface area contributed by atoms with Gasteiger partial charge in [0.15, 0.2) is 0 Å². The molecule has 0 unspecified atom stereocenters. The van der Waals surface area contributed by atoms with Gasteiger partial charge in [0.05, 0.1) is 4.92 Å². The Morgan fingerprint density at radius 3 is 2.62 bits per heavy atom. The first-order chi connectivity index (χ1) is 7.65. The molecule has 0 saturated heterocycles. The fourth-order valence-corrected chi connectivity index (χ4v) is 2.07. The number of nitrogens with zero attached hydrogens (tertiary/aromatic N) is 3. The SMILES string of the molecule is CSC1(CNc2ncc([N+](=O)[O-])cn2)CC1. The Labute approximate surface area is 97.0 Å². The van der Waals surface area contributed by atoms with E-state index in [1.807, 2.05) is 11.8 Å². The molecule has 0 atom stereocenters. The molecule has 0 aliphatic heterocycles. The highest BCUT2D eigenvalue weighted by molar-refractivity contribution is 8.00. The van der Waals surface area contributed by atoms with Gasteiger partial charge >= 0.3 is 5.69 Å². The summed E-state index contributed by atoms with van der Waals surface area (Å²) in [7, 11) is 0. The molecule has 0 bridgehead atoms. The monoisotopic (exact) mass is 240 g/mol. The molecule has 0 amide bonds. The fourth-order valence-electron chi connectivity index (χ4n) is 1.34. The number of hydrogen-bond acceptors (Lipinski definition) is 6. The zero-order valence-corrected chi connectivity index (χ0v) is 9.66. The molecule has 86 valence electrons. The lowest BCUT2D eigenvalue weighted by Gasteiger charge is -2.12. The third kappa shape index (κ3) is 2.41. The van der Waals surface area contributed by atoms with Crippen molar-refractivity contribution in [1.29, 1.82) is 0 Å². The molecule has 2 rings (SSSR count). The van der Waals surface area contributed by atoms with Crippen molar-refractivity contribution < 1.29 is 4.92 Å². The van der Waals surface area contributed by atoms with Crippen LogP contribution in [0.2, 0.25) is 0 Å². The largest absolute Gasteiger partial charge is 0.353 e. The van der Waals surface area contributed by atoms with Crippen molar-refractivity contribution in [3.8, 4) is 0 Å². The van der Waals surface area contributed by atoms with E-state index in [0.717, 1.165) is 6.54 Å². The summed E-state index contributed by atoms with van der Waals surface area (Å²) in [6, 6.07) is 0. The molecule has 1 saturated carbocycles. The second-order valence-corrected chi connectivity index (χ2v) is 5.04. The normalized spacial score (nSPS) is 16.8. The van der Waals surface area contributed by atoms with Gasteiger partial charge in [-0.15, -0.1) is 0 Å². The Morgan fingerprint density at radius 2 is 2.19 bits per heavy atom. The average Bonchev–Trinajstić information content (AvgIpc) is 3.08. The molecule has 1 fully saturated rings. The smallest absolute Gasteiger partial charge is 0.305 e. The zero-order valence-electron chi connectivity index (χ0n) is 8.84. The summed E-state index contributed by atoms with van der Waals surface area (Å²) < 4.78 is 0.325. The van der Waals surface area contributed by atoms with Crippen LogP contribution in [0.15, 0.2) is 12.4 Å². The van der Waals surface area contributed by atoms with Gasteiger partial charge in [-0.2, -0.15) is 11.8 Å². The predicted molar refractivity (Wildman–Crippen MR) is 62.7 cm³/mol. The molecule has 1 aliphatic carbocycles. The lowest BCUT2D eigenvalue weighted by molar-refractivity contribution is -0.385. The van der Waals surface area contributed by atoms with Gasteiger partial charge in [0.2, 0.25) is 5.95 Å². The van der Waals surface area contributed by atoms with Crippen LogP contribution in [0.3, 0.4) is 0 Å². The van der Waals surface area contributed by atoms with Crippen LogP contribution < -0.4 is 5.32 Å². The van der Waals surface area contributed by atoms with Crippen molar-refractivity contribution in [2.45, 2.75) is 17.6 Å². The van der Waals surface area contributed by atoms with Crippen LogP contribution in [0.5, 0.6) is 0 Å². The lowest BCUT2D eigenvalue weighted by atomic mass is 10.4. The van der Waals surface area contributed by atoms with E-state index in [9.17, 15) is 10.1 Å². The van der Waals surface area contributed by atoms with E-state index in [2.05, 4.69) is 21.5 Å². The molecule has 16 heavy (non-hydrogen) atoms. The fraction of sp³-hybridized carbons (Fsp3) is 0.556. The van der Waals surface area contributed by atoms with E-state index >= 15 is 0 Å². The molecule has 7 heteroatoms. The maximum absolute atomic E-state index is 10.4. The third-order valence-corrected chi connectivity index (χ3v) is 4.08. The van der Waals surface area contributed by atoms with Gasteiger partial charge in [-0.1, -0.05) is 0 Å². The molecule has 1 N–H and O–H groups in total. The Bertz CT molecular complexity index is 391. The van der Waals surface area contributed by atoms with E-state index in [0.29, 0.717) is 10.7 Å². The number of hydrogen-bond donors (Lipinski definition) is 1. The highest BCUT2D eigenvalue weighted by Gasteiger charge is 2.41. The standard InChI is InChI=1S/C9H12N4O2S/c1-16-9(2-3-9)6-12-8-10-4-7(5-11-8)13(14)15/h4-5H,2-3,6H2,1H3,(H,10,11,12). The lowest BCUT2D eigenvalue weighted by Crippen LogP contribution is -2.18. The number of rotatable bonds is 5. The minimum atomic E-state index is -0.506. The molecule has 1 aromatic rings. The second kappa shape index (κ2) is 4.25. The van der Waals surface area contributed by atoms with Crippen molar-refractivity contribution in [2.24, 2.45) is 0 Å². The quantitative estimate of drug-likeness (QED) is 0.623. The molecule has 0 spiro atoms. The van der Waals surface area contributed by atoms with Crippen molar-refractivity contribution >= 4 is 23.4 Å². The molecule has 1 aliphatic rings. The van der Waals surface area contributed by atoms with Gasteiger partial charge in [-0.25, -0.2) is 9.97 Å². The van der Waals surface area contributed by atoms with Crippen molar-refractivity contribution in [3.05, 3.63) is 22.5 Å². The maximum atomic E-state index is 10.4. The second-order valence-electron chi connectivity index (χ2n) is 3.76. The average molecular weight is 240 g/mol. The van der Waals surface area contributed by atoms with Crippen LogP contribution in [0, 0.1) is 10.1 Å². The summed E-state index contributed by atoms with van der Waals surface area (Å²) in [6.07, 6.45) is 6.93. The maximum Gasteiger partial charge on any atom is 0.305 e. The van der Waals surface area contributed by atoms with E-state index in [1.165, 1.54) is 25.2 Å². The molecule has 6 nitrogen and oxygen atoms in total. The molecule has 1 aromatic heterocycles. The Morgan fingerprint density at radius 1 is 1.56 bits per heavy atom. The van der Waals surface area contributed by atoms with Crippen molar-refractivity contribution in [3.63, 3.8) is 0 Å². The van der Waals surface area contributed by atoms with Crippen LogP contribution >= 0.6 is 11.8 Å². The molecular formula is C9H12N4O2S. The topological polar surface area (TPSA) is 81.0 Å². The Kier molecular flexibility index (Phi) is 2.95. The summed E-state index contributed by atoms with van der Waals surface area (Å²) >= 11 is 1.84. The first-order valence-corrected chi connectivity index (χ1v) is 6.13. The summed E-state index contributed by atoms with van der Waals surface area (Å²) in [5, 5.41) is 13.5. The van der Waals surface area contributed by atoms with E-state index in [4.69, 9.17) is 0 Å². The van der Waals surface area contributed by atoms with Crippen LogP contribution in [0.25, 0.3) is 0 Å². The Balaban J connectivity index is 1.93. The molecule has 1 heterocycles. The van der Waals surface area contributed by atoms with E-state index in [-0.39, 0.29) is 5.69 Å². The minimum absolute atomic E-state index is 0.0865. The van der Waals surface area contributed by atoms with Gasteiger partial charge < -0.3 is 5.32 Å². The van der Waals surface area contributed by atoms with Gasteiger partial charge in [0.25, 0.3) is 0 Å². The summed E-state index contributed by atoms with van der Waals surface area (Å²) in [6.45, 7) is 0.811. The molecule has 0 radical (unpaired) electrons. The number of thioether (sulfide) groups is 1. The van der Waals surface area contributed by atoms with Crippen LogP contribution in [0.1, 0.15) is 12.8 Å². The number of anilines is 1. The summed E-state index contributed by atoms with van der Waals surface area (Å²) in [5.41, 5.74) is -0.0865. The van der Waals surface area contributed by atoms with Gasteiger partial charge in [-0.3, -0.25) is 10.1 Å². The van der Waals surface area contributed by atoms with Crippen molar-refractivity contribution in [2.75, 3.05) is 18.1 Å². The number of nitrogens with one attached hydrogen (secondary N) is 1. The number of nitro groups is 1. The van der Waals surface area contributed by atoms with Crippen LogP contribution in [0.4, 0.5) is 11.6 Å². The molecule has 0 aromatic carbocycles. The van der Waals surface area contributed by atoms with Crippen molar-refractivity contribution in [1.82, 2.24) is 9.97 Å². The van der Waals surface area contributed by atoms with Gasteiger partial charge in [0.1, 0.15) is 12.4 Å². The highest BCUT2D eigenvalue weighted by atomic mass is 32.2. The first kappa shape index (κ1) is 11.1. The van der Waals surface area contributed by atoms with Gasteiger partial charge in [0, 0.05) is 11.3 Å². The van der Waals surface area contributed by atoms with Crippen LogP contribution in [-0.4, -0.2) is 32.4 Å². The Hall–Kier alpha value is -1.37. The molecular weight excluding hydrogens is 228 g/mol. The van der Waals surface area contributed by atoms with E-state index < -0.39 is 4.92 Å². The third-order valence-electron chi connectivity index (χ3n) is 2.66. The van der Waals surface area contributed by atoms with E-state index in [1.54, 1.807) is 0 Å². The summed E-state index contributed by atoms with van der Waals surface area (Å²) in [5.74, 6) is 0.450. The number of aromatic nitrogens is 2. The van der Waals surface area contributed by atoms with Gasteiger partial charge in [-0.05, 0) is 19.1 Å². The minimum Gasteiger partial charge on any atom is -0.353 e. The first-order valence-electron chi connectivity index (χ1n) is 4.91. The van der Waals surface area contributed by atoms with Crippen LogP contribution in [-0.2, 0) is 0 Å².